The quantitative estimate of drug-likeness (QED) is 0.810. The van der Waals surface area contributed by atoms with Crippen LogP contribution >= 0.6 is 0 Å². The molecule has 0 aromatic rings. The highest BCUT2D eigenvalue weighted by Gasteiger charge is 2.29. The van der Waals surface area contributed by atoms with Crippen LogP contribution < -0.4 is 5.32 Å². The molecule has 0 aromatic carbocycles. The second-order valence-corrected chi connectivity index (χ2v) is 6.02. The Hall–Kier alpha value is -0.120. The predicted octanol–water partition coefficient (Wildman–Crippen LogP) is 1.73. The highest BCUT2D eigenvalue weighted by atomic mass is 16.5. The average Bonchev–Trinajstić information content (AvgIpc) is 2.72. The Morgan fingerprint density at radius 3 is 2.59 bits per heavy atom. The van der Waals surface area contributed by atoms with Crippen molar-refractivity contribution in [2.75, 3.05) is 33.2 Å². The van der Waals surface area contributed by atoms with E-state index < -0.39 is 0 Å². The fourth-order valence-electron chi connectivity index (χ4n) is 3.10. The van der Waals surface area contributed by atoms with Crippen LogP contribution in [0.5, 0.6) is 0 Å². The van der Waals surface area contributed by atoms with Crippen molar-refractivity contribution in [2.45, 2.75) is 45.3 Å². The van der Waals surface area contributed by atoms with Crippen molar-refractivity contribution < 1.29 is 4.74 Å². The van der Waals surface area contributed by atoms with E-state index in [1.165, 1.54) is 32.4 Å². The van der Waals surface area contributed by atoms with Crippen LogP contribution in [0.15, 0.2) is 0 Å². The zero-order valence-corrected chi connectivity index (χ0v) is 11.6. The van der Waals surface area contributed by atoms with E-state index in [0.717, 1.165) is 24.9 Å². The molecule has 100 valence electrons. The molecule has 2 heterocycles. The van der Waals surface area contributed by atoms with Gasteiger partial charge in [-0.1, -0.05) is 13.8 Å². The van der Waals surface area contributed by atoms with Gasteiger partial charge in [0.25, 0.3) is 0 Å². The molecule has 2 aliphatic heterocycles. The summed E-state index contributed by atoms with van der Waals surface area (Å²) in [6.07, 6.45) is 4.76. The number of hydrogen-bond acceptors (Lipinski definition) is 3. The molecular weight excluding hydrogens is 212 g/mol. The molecule has 2 aliphatic rings. The number of likely N-dealkylation sites (N-methyl/N-ethyl adjacent to an activating group) is 1. The molecular formula is C14H28N2O. The zero-order chi connectivity index (χ0) is 12.3. The summed E-state index contributed by atoms with van der Waals surface area (Å²) in [4.78, 5) is 2.61. The molecule has 0 saturated carbocycles. The third-order valence-electron chi connectivity index (χ3n) is 4.51. The van der Waals surface area contributed by atoms with Gasteiger partial charge in [-0.3, -0.25) is 0 Å². The third kappa shape index (κ3) is 3.67. The molecule has 4 atom stereocenters. The summed E-state index contributed by atoms with van der Waals surface area (Å²) >= 11 is 0. The van der Waals surface area contributed by atoms with Crippen LogP contribution in [0.1, 0.15) is 33.1 Å². The average molecular weight is 240 g/mol. The second-order valence-electron chi connectivity index (χ2n) is 6.02. The zero-order valence-electron chi connectivity index (χ0n) is 11.6. The fourth-order valence-corrected chi connectivity index (χ4v) is 3.10. The number of rotatable bonds is 4. The number of likely N-dealkylation sites (tertiary alicyclic amines) is 1. The maximum Gasteiger partial charge on any atom is 0.0707 e. The lowest BCUT2D eigenvalue weighted by Crippen LogP contribution is -2.42. The van der Waals surface area contributed by atoms with Gasteiger partial charge in [0.05, 0.1) is 12.2 Å². The summed E-state index contributed by atoms with van der Waals surface area (Å²) in [6.45, 7) is 9.45. The first kappa shape index (κ1) is 13.3. The summed E-state index contributed by atoms with van der Waals surface area (Å²) in [5, 5.41) is 3.21. The lowest BCUT2D eigenvalue weighted by molar-refractivity contribution is 0.0114. The first-order chi connectivity index (χ1) is 8.19. The van der Waals surface area contributed by atoms with E-state index >= 15 is 0 Å². The second kappa shape index (κ2) is 6.17. The van der Waals surface area contributed by atoms with Crippen LogP contribution in [0.25, 0.3) is 0 Å². The Balaban J connectivity index is 1.71. The van der Waals surface area contributed by atoms with Crippen LogP contribution in [0, 0.1) is 11.8 Å². The Morgan fingerprint density at radius 2 is 1.88 bits per heavy atom. The van der Waals surface area contributed by atoms with Gasteiger partial charge < -0.3 is 15.0 Å². The summed E-state index contributed by atoms with van der Waals surface area (Å²) in [5.41, 5.74) is 0. The van der Waals surface area contributed by atoms with Crippen LogP contribution in [0.2, 0.25) is 0 Å². The van der Waals surface area contributed by atoms with E-state index in [4.69, 9.17) is 4.74 Å². The van der Waals surface area contributed by atoms with Gasteiger partial charge >= 0.3 is 0 Å². The van der Waals surface area contributed by atoms with E-state index in [2.05, 4.69) is 24.1 Å². The summed E-state index contributed by atoms with van der Waals surface area (Å²) in [7, 11) is 2.00. The van der Waals surface area contributed by atoms with Gasteiger partial charge in [-0.25, -0.2) is 0 Å². The minimum absolute atomic E-state index is 0.450. The summed E-state index contributed by atoms with van der Waals surface area (Å²) < 4.78 is 6.06. The third-order valence-corrected chi connectivity index (χ3v) is 4.51. The van der Waals surface area contributed by atoms with E-state index in [0.29, 0.717) is 12.2 Å². The van der Waals surface area contributed by atoms with Gasteiger partial charge in [-0.15, -0.1) is 0 Å². The first-order valence-corrected chi connectivity index (χ1v) is 7.21. The summed E-state index contributed by atoms with van der Waals surface area (Å²) in [6, 6.07) is 0. The molecule has 0 bridgehead atoms. The standard InChI is InChI=1S/C14H28N2O/c1-11-6-7-16(9-12(11)2)10-14-5-4-13(17-14)8-15-3/h11-15H,4-10H2,1-3H3. The van der Waals surface area contributed by atoms with Gasteiger partial charge in [-0.05, 0) is 44.7 Å². The molecule has 4 unspecified atom stereocenters. The number of ether oxygens (including phenoxy) is 1. The van der Waals surface area contributed by atoms with Gasteiger partial charge in [-0.2, -0.15) is 0 Å². The highest BCUT2D eigenvalue weighted by molar-refractivity contribution is 4.81. The molecule has 0 spiro atoms. The van der Waals surface area contributed by atoms with Crippen molar-refractivity contribution in [1.29, 1.82) is 0 Å². The lowest BCUT2D eigenvalue weighted by atomic mass is 9.88. The highest BCUT2D eigenvalue weighted by Crippen LogP contribution is 2.25. The monoisotopic (exact) mass is 240 g/mol. The molecule has 1 N–H and O–H groups in total. The van der Waals surface area contributed by atoms with Crippen LogP contribution in [0.3, 0.4) is 0 Å². The van der Waals surface area contributed by atoms with E-state index in [1.807, 2.05) is 7.05 Å². The molecule has 2 saturated heterocycles. The molecule has 2 rings (SSSR count). The van der Waals surface area contributed by atoms with Crippen molar-refractivity contribution in [3.8, 4) is 0 Å². The number of nitrogens with one attached hydrogen (secondary N) is 1. The summed E-state index contributed by atoms with van der Waals surface area (Å²) in [5.74, 6) is 1.74. The topological polar surface area (TPSA) is 24.5 Å². The smallest absolute Gasteiger partial charge is 0.0707 e. The number of hydrogen-bond donors (Lipinski definition) is 1. The molecule has 0 radical (unpaired) electrons. The van der Waals surface area contributed by atoms with Crippen LogP contribution in [-0.4, -0.2) is 50.3 Å². The van der Waals surface area contributed by atoms with Gasteiger partial charge in [0, 0.05) is 19.6 Å². The number of nitrogens with zero attached hydrogens (tertiary/aromatic N) is 1. The maximum absolute atomic E-state index is 6.06. The first-order valence-electron chi connectivity index (χ1n) is 7.21. The van der Waals surface area contributed by atoms with Crippen molar-refractivity contribution in [2.24, 2.45) is 11.8 Å². The van der Waals surface area contributed by atoms with Crippen molar-refractivity contribution >= 4 is 0 Å². The lowest BCUT2D eigenvalue weighted by Gasteiger charge is -2.36. The minimum atomic E-state index is 0.450. The molecule has 2 fully saturated rings. The van der Waals surface area contributed by atoms with Crippen LogP contribution in [0.4, 0.5) is 0 Å². The molecule has 3 nitrogen and oxygen atoms in total. The molecule has 3 heteroatoms. The van der Waals surface area contributed by atoms with E-state index in [-0.39, 0.29) is 0 Å². The molecule has 17 heavy (non-hydrogen) atoms. The largest absolute Gasteiger partial charge is 0.372 e. The van der Waals surface area contributed by atoms with Crippen molar-refractivity contribution in [3.05, 3.63) is 0 Å². The van der Waals surface area contributed by atoms with E-state index in [1.54, 1.807) is 0 Å². The van der Waals surface area contributed by atoms with Gasteiger partial charge in [0.15, 0.2) is 0 Å². The Kier molecular flexibility index (Phi) is 4.83. The molecule has 0 amide bonds. The Labute approximate surface area is 106 Å². The van der Waals surface area contributed by atoms with Gasteiger partial charge in [0.2, 0.25) is 0 Å². The van der Waals surface area contributed by atoms with Crippen molar-refractivity contribution in [3.63, 3.8) is 0 Å². The predicted molar refractivity (Wildman–Crippen MR) is 71.2 cm³/mol. The number of piperidine rings is 1. The normalized spacial score (nSPS) is 39.7. The molecule has 0 aliphatic carbocycles. The van der Waals surface area contributed by atoms with Gasteiger partial charge in [0.1, 0.15) is 0 Å². The Bertz CT molecular complexity index is 234. The maximum atomic E-state index is 6.06. The van der Waals surface area contributed by atoms with Crippen LogP contribution in [-0.2, 0) is 4.74 Å². The Morgan fingerprint density at radius 1 is 1.12 bits per heavy atom. The minimum Gasteiger partial charge on any atom is -0.372 e. The van der Waals surface area contributed by atoms with E-state index in [9.17, 15) is 0 Å². The fraction of sp³-hybridized carbons (Fsp3) is 1.00. The molecule has 0 aromatic heterocycles. The SMILES string of the molecule is CNCC1CCC(CN2CCC(C)C(C)C2)O1. The van der Waals surface area contributed by atoms with Crippen molar-refractivity contribution in [1.82, 2.24) is 10.2 Å².